The first-order valence-electron chi connectivity index (χ1n) is 9.87. The zero-order chi connectivity index (χ0) is 19.6. The second-order valence-electron chi connectivity index (χ2n) is 9.43. The van der Waals surface area contributed by atoms with Crippen molar-refractivity contribution in [2.45, 2.75) is 79.1 Å². The second kappa shape index (κ2) is 11.3. The van der Waals surface area contributed by atoms with Crippen molar-refractivity contribution in [3.63, 3.8) is 0 Å². The van der Waals surface area contributed by atoms with Crippen molar-refractivity contribution < 1.29 is 50.0 Å². The van der Waals surface area contributed by atoms with Crippen LogP contribution in [-0.4, -0.2) is 11.5 Å². The minimum atomic E-state index is -0.284. The third-order valence-corrected chi connectivity index (χ3v) is 7.43. The van der Waals surface area contributed by atoms with Crippen molar-refractivity contribution in [3.05, 3.63) is 44.2 Å². The first-order valence-corrected chi connectivity index (χ1v) is 11.5. The molecule has 0 bridgehead atoms. The van der Waals surface area contributed by atoms with Gasteiger partial charge in [0.1, 0.15) is 0 Å². The molecule has 0 fully saturated rings. The molecule has 28 heavy (non-hydrogen) atoms. The minimum absolute atomic E-state index is 0. The number of unbranched alkanes of at least 4 members (excludes halogenated alkanes) is 1. The summed E-state index contributed by atoms with van der Waals surface area (Å²) in [5.41, 5.74) is 3.10. The molecule has 1 nitrogen and oxygen atoms in total. The van der Waals surface area contributed by atoms with Gasteiger partial charge in [0, 0.05) is 0 Å². The Morgan fingerprint density at radius 2 is 1.75 bits per heavy atom. The van der Waals surface area contributed by atoms with Gasteiger partial charge in [0.05, 0.1) is 0 Å². The largest absolute Gasteiger partial charge is 1.00 e. The molecular weight excluding hydrogens is 443 g/mol. The van der Waals surface area contributed by atoms with E-state index in [1.54, 1.807) is 0 Å². The van der Waals surface area contributed by atoms with E-state index in [0.29, 0.717) is 0 Å². The summed E-state index contributed by atoms with van der Waals surface area (Å²) in [4.78, 5) is 1.11. The van der Waals surface area contributed by atoms with Crippen molar-refractivity contribution in [3.8, 4) is 0 Å². The third-order valence-electron chi connectivity index (χ3n) is 4.97. The molecule has 2 aliphatic rings. The molecule has 5 heteroatoms. The Hall–Kier alpha value is 0.564. The summed E-state index contributed by atoms with van der Waals surface area (Å²) in [6.07, 6.45) is 13.7. The Labute approximate surface area is 201 Å². The van der Waals surface area contributed by atoms with Gasteiger partial charge in [-0.15, -0.1) is 0 Å². The molecular formula is C23H35Cl2OSTi. The number of ether oxygens (including phenoxy) is 1. The molecule has 0 aromatic carbocycles. The predicted molar refractivity (Wildman–Crippen MR) is 112 cm³/mol. The van der Waals surface area contributed by atoms with Crippen LogP contribution in [0, 0.1) is 10.8 Å². The van der Waals surface area contributed by atoms with Gasteiger partial charge in [-0.1, -0.05) is 0 Å². The summed E-state index contributed by atoms with van der Waals surface area (Å²) in [5.74, 6) is 0. The number of hydrogen-bond donors (Lipinski definition) is 0. The molecule has 0 amide bonds. The van der Waals surface area contributed by atoms with Crippen molar-refractivity contribution in [2.75, 3.05) is 6.61 Å². The van der Waals surface area contributed by atoms with Crippen molar-refractivity contribution in [1.82, 2.24) is 0 Å². The van der Waals surface area contributed by atoms with Gasteiger partial charge in [-0.25, -0.2) is 0 Å². The molecule has 0 spiro atoms. The standard InChI is InChI=1S/C23H35OS.2ClH.Ti/c1-8-9-16-24-23(25-19-12-10-11-13-19)15-14-18(21(2,3)4)17-20(23)22(5,6)7;;;/h10,12,14,17H,8-9,11,15-16H2,1-7H3;2*1H;/q;;;+2/p-2. The number of allylic oxidation sites excluding steroid dienone is 5. The third kappa shape index (κ3) is 7.07. The van der Waals surface area contributed by atoms with Crippen LogP contribution >= 0.6 is 11.8 Å². The smallest absolute Gasteiger partial charge is 1.00 e. The molecule has 0 N–H and O–H groups in total. The number of thioether (sulfide) groups is 1. The van der Waals surface area contributed by atoms with Crippen molar-refractivity contribution >= 4 is 11.8 Å². The molecule has 0 aromatic heterocycles. The fourth-order valence-corrected chi connectivity index (χ4v) is 5.45. The molecule has 0 aliphatic heterocycles. The summed E-state index contributed by atoms with van der Waals surface area (Å²) in [7, 11) is 0. The van der Waals surface area contributed by atoms with Crippen LogP contribution in [-0.2, 0) is 25.2 Å². The van der Waals surface area contributed by atoms with Crippen LogP contribution < -0.4 is 24.8 Å². The van der Waals surface area contributed by atoms with Gasteiger partial charge in [0.15, 0.2) is 0 Å². The van der Waals surface area contributed by atoms with E-state index in [9.17, 15) is 0 Å². The Balaban J connectivity index is 0.00000364. The molecule has 0 aromatic rings. The van der Waals surface area contributed by atoms with E-state index >= 15 is 0 Å². The van der Waals surface area contributed by atoms with E-state index in [0.717, 1.165) is 25.9 Å². The van der Waals surface area contributed by atoms with Crippen LogP contribution in [0.4, 0.5) is 0 Å². The normalized spacial score (nSPS) is 22.5. The van der Waals surface area contributed by atoms with Gasteiger partial charge in [-0.3, -0.25) is 0 Å². The molecule has 1 unspecified atom stereocenters. The van der Waals surface area contributed by atoms with Gasteiger partial charge in [-0.2, -0.15) is 0 Å². The van der Waals surface area contributed by atoms with E-state index in [1.807, 2.05) is 11.8 Å². The summed E-state index contributed by atoms with van der Waals surface area (Å²) in [6.45, 7) is 17.0. The fourth-order valence-electron chi connectivity index (χ4n) is 3.39. The summed E-state index contributed by atoms with van der Waals surface area (Å²) >= 11 is 4.19. The second-order valence-corrected chi connectivity index (χ2v) is 11.7. The maximum atomic E-state index is 6.70. The van der Waals surface area contributed by atoms with Gasteiger partial charge in [0.2, 0.25) is 0 Å². The first-order chi connectivity index (χ1) is 12.0. The molecule has 0 heterocycles. The fraction of sp³-hybridized carbons (Fsp3) is 0.652. The van der Waals surface area contributed by atoms with Crippen LogP contribution in [0.25, 0.3) is 0 Å². The summed E-state index contributed by atoms with van der Waals surface area (Å²) < 4.78 is 8.17. The van der Waals surface area contributed by atoms with E-state index in [2.05, 4.69) is 93.2 Å². The summed E-state index contributed by atoms with van der Waals surface area (Å²) in [6, 6.07) is 0. The molecule has 0 radical (unpaired) electrons. The Morgan fingerprint density at radius 1 is 1.11 bits per heavy atom. The van der Waals surface area contributed by atoms with E-state index in [1.165, 1.54) is 26.3 Å². The van der Waals surface area contributed by atoms with Crippen LogP contribution in [0.5, 0.6) is 0 Å². The van der Waals surface area contributed by atoms with Gasteiger partial charge < -0.3 is 24.8 Å². The predicted octanol–water partition coefficient (Wildman–Crippen LogP) is 1.31. The minimum Gasteiger partial charge on any atom is -1.00 e. The zero-order valence-corrected chi connectivity index (χ0v) is 22.3. The Bertz CT molecular complexity index is 650. The number of hydrogen-bond acceptors (Lipinski definition) is 2. The van der Waals surface area contributed by atoms with E-state index < -0.39 is 0 Å². The quantitative estimate of drug-likeness (QED) is 0.324. The monoisotopic (exact) mass is 477 g/mol. The SMILES string of the molecule is CCCCOC1(SC2=[C]([Ti+2])CC=C2)CC=C(C(C)(C)C)C=C1C(C)(C)C.[Cl-].[Cl-]. The first kappa shape index (κ1) is 28.6. The Kier molecular flexibility index (Phi) is 11.5. The van der Waals surface area contributed by atoms with Crippen molar-refractivity contribution in [1.29, 1.82) is 0 Å². The molecule has 1 atom stereocenters. The average Bonchev–Trinajstić information content (AvgIpc) is 2.90. The average molecular weight is 478 g/mol. The maximum Gasteiger partial charge on any atom is -1.00 e. The van der Waals surface area contributed by atoms with Crippen LogP contribution in [0.2, 0.25) is 0 Å². The molecule has 2 rings (SSSR count). The zero-order valence-electron chi connectivity index (χ0n) is 18.4. The maximum absolute atomic E-state index is 6.70. The molecule has 0 saturated heterocycles. The van der Waals surface area contributed by atoms with Gasteiger partial charge in [0.25, 0.3) is 0 Å². The topological polar surface area (TPSA) is 9.23 Å². The molecule has 157 valence electrons. The van der Waals surface area contributed by atoms with E-state index in [-0.39, 0.29) is 40.6 Å². The molecule has 0 saturated carbocycles. The van der Waals surface area contributed by atoms with Crippen LogP contribution in [0.1, 0.15) is 74.1 Å². The van der Waals surface area contributed by atoms with Crippen LogP contribution in [0.15, 0.2) is 44.2 Å². The van der Waals surface area contributed by atoms with Gasteiger partial charge >= 0.3 is 178 Å². The summed E-state index contributed by atoms with van der Waals surface area (Å²) in [5, 5.41) is 0. The Morgan fingerprint density at radius 3 is 2.21 bits per heavy atom. The van der Waals surface area contributed by atoms with E-state index in [4.69, 9.17) is 4.74 Å². The van der Waals surface area contributed by atoms with Crippen molar-refractivity contribution in [2.24, 2.45) is 10.8 Å². The molecule has 2 aliphatic carbocycles. The van der Waals surface area contributed by atoms with Crippen LogP contribution in [0.3, 0.4) is 0 Å². The van der Waals surface area contributed by atoms with Gasteiger partial charge in [-0.05, 0) is 0 Å². The number of rotatable bonds is 6. The number of halogens is 2.